The number of phenolic OH excluding ortho intramolecular Hbond substituents is 2. The SMILES string of the molecule is Nc1cc(Cc2cc(N)c(O)c(F)c2)cc(F)c1O. The van der Waals surface area contributed by atoms with E-state index in [-0.39, 0.29) is 17.8 Å². The number of phenols is 2. The first-order valence-electron chi connectivity index (χ1n) is 5.42. The van der Waals surface area contributed by atoms with Crippen molar-refractivity contribution in [2.24, 2.45) is 0 Å². The first-order chi connectivity index (χ1) is 8.88. The van der Waals surface area contributed by atoms with Crippen LogP contribution in [-0.2, 0) is 6.42 Å². The summed E-state index contributed by atoms with van der Waals surface area (Å²) in [6, 6.07) is 4.98. The maximum atomic E-state index is 13.3. The van der Waals surface area contributed by atoms with Crippen LogP contribution in [0.15, 0.2) is 24.3 Å². The van der Waals surface area contributed by atoms with Crippen molar-refractivity contribution in [2.45, 2.75) is 6.42 Å². The molecule has 19 heavy (non-hydrogen) atoms. The molecule has 0 aliphatic heterocycles. The highest BCUT2D eigenvalue weighted by atomic mass is 19.1. The molecule has 6 heteroatoms. The third-order valence-electron chi connectivity index (χ3n) is 2.71. The quantitative estimate of drug-likeness (QED) is 0.495. The van der Waals surface area contributed by atoms with E-state index in [4.69, 9.17) is 11.5 Å². The van der Waals surface area contributed by atoms with Gasteiger partial charge in [-0.2, -0.15) is 0 Å². The normalized spacial score (nSPS) is 10.6. The Balaban J connectivity index is 2.36. The molecule has 2 aromatic carbocycles. The lowest BCUT2D eigenvalue weighted by atomic mass is 10.0. The summed E-state index contributed by atoms with van der Waals surface area (Å²) in [5.74, 6) is -2.91. The van der Waals surface area contributed by atoms with Gasteiger partial charge in [-0.15, -0.1) is 0 Å². The van der Waals surface area contributed by atoms with E-state index in [2.05, 4.69) is 0 Å². The predicted octanol–water partition coefficient (Wildman–Crippen LogP) is 2.13. The van der Waals surface area contributed by atoms with Crippen LogP contribution in [-0.4, -0.2) is 10.2 Å². The highest BCUT2D eigenvalue weighted by Gasteiger charge is 2.11. The van der Waals surface area contributed by atoms with Crippen LogP contribution in [0.1, 0.15) is 11.1 Å². The zero-order valence-electron chi connectivity index (χ0n) is 9.82. The van der Waals surface area contributed by atoms with Crippen molar-refractivity contribution < 1.29 is 19.0 Å². The fourth-order valence-corrected chi connectivity index (χ4v) is 1.80. The van der Waals surface area contributed by atoms with Crippen LogP contribution in [0, 0.1) is 11.6 Å². The molecule has 0 spiro atoms. The Bertz CT molecular complexity index is 543. The average molecular weight is 266 g/mol. The molecular weight excluding hydrogens is 254 g/mol. The summed E-state index contributed by atoms with van der Waals surface area (Å²) in [5, 5.41) is 18.4. The third-order valence-corrected chi connectivity index (χ3v) is 2.71. The number of hydrogen-bond acceptors (Lipinski definition) is 4. The predicted molar refractivity (Wildman–Crippen MR) is 67.8 cm³/mol. The van der Waals surface area contributed by atoms with Crippen molar-refractivity contribution in [3.8, 4) is 11.5 Å². The largest absolute Gasteiger partial charge is 0.503 e. The summed E-state index contributed by atoms with van der Waals surface area (Å²) in [6.45, 7) is 0. The molecule has 0 saturated carbocycles. The Labute approximate surface area is 107 Å². The average Bonchev–Trinajstić information content (AvgIpc) is 2.33. The fourth-order valence-electron chi connectivity index (χ4n) is 1.80. The number of rotatable bonds is 2. The number of nitrogen functional groups attached to an aromatic ring is 2. The first-order valence-corrected chi connectivity index (χ1v) is 5.42. The van der Waals surface area contributed by atoms with Gasteiger partial charge in [-0.25, -0.2) is 8.78 Å². The van der Waals surface area contributed by atoms with Crippen molar-refractivity contribution in [1.29, 1.82) is 0 Å². The van der Waals surface area contributed by atoms with Crippen molar-refractivity contribution in [3.05, 3.63) is 47.0 Å². The molecule has 0 fully saturated rings. The molecule has 6 N–H and O–H groups in total. The summed E-state index contributed by atoms with van der Waals surface area (Å²) in [6.07, 6.45) is 0.169. The second-order valence-electron chi connectivity index (χ2n) is 4.21. The first kappa shape index (κ1) is 12.9. The Morgan fingerprint density at radius 3 is 1.47 bits per heavy atom. The van der Waals surface area contributed by atoms with Gasteiger partial charge in [0.25, 0.3) is 0 Å². The van der Waals surface area contributed by atoms with Crippen molar-refractivity contribution in [3.63, 3.8) is 0 Å². The summed E-state index contributed by atoms with van der Waals surface area (Å²) in [5.41, 5.74) is 11.6. The molecule has 0 aromatic heterocycles. The Hall–Kier alpha value is -2.50. The second kappa shape index (κ2) is 4.64. The minimum Gasteiger partial charge on any atom is -0.503 e. The topological polar surface area (TPSA) is 92.5 Å². The highest BCUT2D eigenvalue weighted by molar-refractivity contribution is 5.57. The number of halogens is 2. The van der Waals surface area contributed by atoms with Crippen LogP contribution >= 0.6 is 0 Å². The van der Waals surface area contributed by atoms with Crippen LogP contribution in [0.25, 0.3) is 0 Å². The van der Waals surface area contributed by atoms with E-state index in [0.29, 0.717) is 11.1 Å². The van der Waals surface area contributed by atoms with Crippen molar-refractivity contribution >= 4 is 11.4 Å². The van der Waals surface area contributed by atoms with E-state index in [1.165, 1.54) is 12.1 Å². The van der Waals surface area contributed by atoms with Gasteiger partial charge in [0.05, 0.1) is 11.4 Å². The molecule has 0 aliphatic rings. The number of benzene rings is 2. The lowest BCUT2D eigenvalue weighted by Gasteiger charge is -2.08. The van der Waals surface area contributed by atoms with Gasteiger partial charge in [0.2, 0.25) is 0 Å². The highest BCUT2D eigenvalue weighted by Crippen LogP contribution is 2.29. The molecule has 0 radical (unpaired) electrons. The van der Waals surface area contributed by atoms with E-state index < -0.39 is 23.1 Å². The molecule has 0 unspecified atom stereocenters. The van der Waals surface area contributed by atoms with Crippen LogP contribution in [0.3, 0.4) is 0 Å². The molecule has 0 bridgehead atoms. The monoisotopic (exact) mass is 266 g/mol. The Morgan fingerprint density at radius 2 is 1.16 bits per heavy atom. The maximum absolute atomic E-state index is 13.3. The van der Waals surface area contributed by atoms with Gasteiger partial charge < -0.3 is 21.7 Å². The molecule has 2 aromatic rings. The van der Waals surface area contributed by atoms with Crippen molar-refractivity contribution in [1.82, 2.24) is 0 Å². The molecule has 0 amide bonds. The van der Waals surface area contributed by atoms with E-state index in [1.54, 1.807) is 0 Å². The smallest absolute Gasteiger partial charge is 0.174 e. The molecule has 0 atom stereocenters. The maximum Gasteiger partial charge on any atom is 0.174 e. The summed E-state index contributed by atoms with van der Waals surface area (Å²) in [4.78, 5) is 0. The van der Waals surface area contributed by atoms with Gasteiger partial charge in [-0.3, -0.25) is 0 Å². The minimum absolute atomic E-state index is 0.0952. The summed E-state index contributed by atoms with van der Waals surface area (Å²) in [7, 11) is 0. The van der Waals surface area contributed by atoms with E-state index in [9.17, 15) is 19.0 Å². The van der Waals surface area contributed by atoms with Crippen LogP contribution < -0.4 is 11.5 Å². The van der Waals surface area contributed by atoms with E-state index in [1.807, 2.05) is 0 Å². The number of anilines is 2. The van der Waals surface area contributed by atoms with E-state index in [0.717, 1.165) is 12.1 Å². The second-order valence-corrected chi connectivity index (χ2v) is 4.21. The lowest BCUT2D eigenvalue weighted by molar-refractivity contribution is 0.434. The van der Waals surface area contributed by atoms with Crippen LogP contribution in [0.4, 0.5) is 20.2 Å². The van der Waals surface area contributed by atoms with Gasteiger partial charge in [-0.1, -0.05) is 0 Å². The molecule has 100 valence electrons. The van der Waals surface area contributed by atoms with Crippen LogP contribution in [0.2, 0.25) is 0 Å². The molecule has 0 aliphatic carbocycles. The van der Waals surface area contributed by atoms with Crippen LogP contribution in [0.5, 0.6) is 11.5 Å². The molecule has 4 nitrogen and oxygen atoms in total. The number of hydrogen-bond donors (Lipinski definition) is 4. The number of nitrogens with two attached hydrogens (primary N) is 2. The Morgan fingerprint density at radius 1 is 0.789 bits per heavy atom. The van der Waals surface area contributed by atoms with Crippen molar-refractivity contribution in [2.75, 3.05) is 11.5 Å². The number of aromatic hydroxyl groups is 2. The van der Waals surface area contributed by atoms with Gasteiger partial charge in [0.15, 0.2) is 23.1 Å². The fraction of sp³-hybridized carbons (Fsp3) is 0.0769. The molecule has 0 heterocycles. The standard InChI is InChI=1S/C13H12F2N2O2/c14-8-2-6(4-10(16)12(8)18)1-7-3-9(15)13(19)11(17)5-7/h2-5,18-19H,1,16-17H2. The van der Waals surface area contributed by atoms with E-state index >= 15 is 0 Å². The van der Waals surface area contributed by atoms with Gasteiger partial charge in [0, 0.05) is 0 Å². The van der Waals surface area contributed by atoms with Gasteiger partial charge >= 0.3 is 0 Å². The third kappa shape index (κ3) is 2.52. The van der Waals surface area contributed by atoms with Gasteiger partial charge in [-0.05, 0) is 41.8 Å². The minimum atomic E-state index is -0.845. The Kier molecular flexibility index (Phi) is 3.16. The summed E-state index contributed by atoms with van der Waals surface area (Å²) < 4.78 is 26.6. The zero-order chi connectivity index (χ0) is 14.2. The molecular formula is C13H12F2N2O2. The lowest BCUT2D eigenvalue weighted by Crippen LogP contribution is -1.97. The molecule has 2 rings (SSSR count). The molecule has 0 saturated heterocycles. The van der Waals surface area contributed by atoms with Gasteiger partial charge in [0.1, 0.15) is 0 Å². The zero-order valence-corrected chi connectivity index (χ0v) is 9.82. The summed E-state index contributed by atoms with van der Waals surface area (Å²) >= 11 is 0.